The number of carbonyl (C=O) groups is 1. The first-order valence-corrected chi connectivity index (χ1v) is 5.90. The molecule has 2 rings (SSSR count). The van der Waals surface area contributed by atoms with Crippen molar-refractivity contribution < 1.29 is 9.18 Å². The molecule has 0 aliphatic carbocycles. The second kappa shape index (κ2) is 5.32. The van der Waals surface area contributed by atoms with Gasteiger partial charge in [-0.25, -0.2) is 9.07 Å². The highest BCUT2D eigenvalue weighted by molar-refractivity contribution is 6.63. The molecular formula is C13H10ClFN2O2. The molecule has 0 aliphatic heterocycles. The number of rotatable bonds is 3. The number of aromatic nitrogens is 2. The maximum atomic E-state index is 13.7. The minimum Gasteiger partial charge on any atom is -0.288 e. The van der Waals surface area contributed by atoms with E-state index in [1.807, 2.05) is 0 Å². The molecule has 4 nitrogen and oxygen atoms in total. The van der Waals surface area contributed by atoms with Crippen LogP contribution in [0.3, 0.4) is 0 Å². The minimum absolute atomic E-state index is 0.00569. The molecule has 1 heterocycles. The summed E-state index contributed by atoms with van der Waals surface area (Å²) in [5.74, 6) is -0.468. The van der Waals surface area contributed by atoms with Crippen molar-refractivity contribution in [3.05, 3.63) is 57.8 Å². The largest absolute Gasteiger partial charge is 0.288 e. The van der Waals surface area contributed by atoms with Gasteiger partial charge in [-0.05, 0) is 30.7 Å². The first-order chi connectivity index (χ1) is 8.99. The van der Waals surface area contributed by atoms with E-state index in [1.54, 1.807) is 19.1 Å². The third kappa shape index (κ3) is 2.88. The third-order valence-corrected chi connectivity index (χ3v) is 2.70. The van der Waals surface area contributed by atoms with E-state index >= 15 is 0 Å². The first kappa shape index (κ1) is 13.4. The van der Waals surface area contributed by atoms with Crippen LogP contribution in [0, 0.1) is 12.7 Å². The lowest BCUT2D eigenvalue weighted by molar-refractivity contribution is -0.111. The van der Waals surface area contributed by atoms with Crippen LogP contribution in [0.2, 0.25) is 0 Å². The van der Waals surface area contributed by atoms with Crippen LogP contribution in [0.5, 0.6) is 0 Å². The van der Waals surface area contributed by atoms with Gasteiger partial charge in [0.25, 0.3) is 0 Å². The van der Waals surface area contributed by atoms with E-state index in [4.69, 9.17) is 11.6 Å². The number of hydrogen-bond donors (Lipinski definition) is 0. The van der Waals surface area contributed by atoms with Gasteiger partial charge < -0.3 is 0 Å². The van der Waals surface area contributed by atoms with Gasteiger partial charge in [0.15, 0.2) is 0 Å². The van der Waals surface area contributed by atoms with Gasteiger partial charge in [0, 0.05) is 11.8 Å². The van der Waals surface area contributed by atoms with Crippen molar-refractivity contribution in [1.29, 1.82) is 0 Å². The van der Waals surface area contributed by atoms with Gasteiger partial charge in [-0.1, -0.05) is 12.1 Å². The zero-order valence-corrected chi connectivity index (χ0v) is 10.8. The van der Waals surface area contributed by atoms with Crippen LogP contribution in [-0.2, 0) is 11.2 Å². The van der Waals surface area contributed by atoms with E-state index in [9.17, 15) is 14.0 Å². The van der Waals surface area contributed by atoms with Gasteiger partial charge in [0.2, 0.25) is 10.7 Å². The molecule has 0 radical (unpaired) electrons. The maximum absolute atomic E-state index is 13.7. The molecule has 1 aromatic heterocycles. The molecule has 0 amide bonds. The van der Waals surface area contributed by atoms with Crippen molar-refractivity contribution in [3.8, 4) is 5.69 Å². The van der Waals surface area contributed by atoms with E-state index in [2.05, 4.69) is 5.10 Å². The zero-order valence-electron chi connectivity index (χ0n) is 10.1. The standard InChI is InChI=1S/C13H10ClFN2O2/c1-8-6-12(18)10(7-13(14)19)16-17(8)11-5-3-2-4-9(11)15/h2-6H,7H2,1H3. The Labute approximate surface area is 113 Å². The van der Waals surface area contributed by atoms with Gasteiger partial charge in [-0.15, -0.1) is 0 Å². The Morgan fingerprint density at radius 1 is 1.42 bits per heavy atom. The van der Waals surface area contributed by atoms with Crippen LogP contribution in [0.25, 0.3) is 5.69 Å². The second-order valence-electron chi connectivity index (χ2n) is 3.99. The van der Waals surface area contributed by atoms with Crippen molar-refractivity contribution in [1.82, 2.24) is 9.78 Å². The van der Waals surface area contributed by atoms with Crippen LogP contribution >= 0.6 is 11.6 Å². The summed E-state index contributed by atoms with van der Waals surface area (Å²) in [6.07, 6.45) is -0.283. The van der Waals surface area contributed by atoms with Crippen molar-refractivity contribution in [2.75, 3.05) is 0 Å². The summed E-state index contributed by atoms with van der Waals surface area (Å²) in [7, 11) is 0. The molecule has 0 spiro atoms. The lowest BCUT2D eigenvalue weighted by atomic mass is 10.2. The highest BCUT2D eigenvalue weighted by atomic mass is 35.5. The number of halogens is 2. The molecule has 0 fully saturated rings. The quantitative estimate of drug-likeness (QED) is 0.808. The molecule has 19 heavy (non-hydrogen) atoms. The van der Waals surface area contributed by atoms with Crippen LogP contribution in [0.1, 0.15) is 11.4 Å². The fourth-order valence-electron chi connectivity index (χ4n) is 1.70. The van der Waals surface area contributed by atoms with Gasteiger partial charge in [-0.2, -0.15) is 5.10 Å². The summed E-state index contributed by atoms with van der Waals surface area (Å²) in [5, 5.41) is 3.32. The van der Waals surface area contributed by atoms with Crippen molar-refractivity contribution in [2.45, 2.75) is 13.3 Å². The average molecular weight is 281 g/mol. The van der Waals surface area contributed by atoms with E-state index < -0.39 is 11.1 Å². The van der Waals surface area contributed by atoms with Crippen LogP contribution < -0.4 is 5.43 Å². The summed E-state index contributed by atoms with van der Waals surface area (Å²) in [5.41, 5.74) is 0.289. The Morgan fingerprint density at radius 3 is 2.74 bits per heavy atom. The molecule has 0 aliphatic rings. The van der Waals surface area contributed by atoms with Crippen LogP contribution in [0.4, 0.5) is 4.39 Å². The monoisotopic (exact) mass is 280 g/mol. The van der Waals surface area contributed by atoms with E-state index in [-0.39, 0.29) is 23.2 Å². The summed E-state index contributed by atoms with van der Waals surface area (Å²) >= 11 is 5.25. The third-order valence-electron chi connectivity index (χ3n) is 2.57. The molecule has 2 aromatic rings. The number of benzene rings is 1. The normalized spacial score (nSPS) is 10.5. The van der Waals surface area contributed by atoms with Crippen molar-refractivity contribution in [2.24, 2.45) is 0 Å². The zero-order chi connectivity index (χ0) is 14.0. The number of para-hydroxylation sites is 1. The highest BCUT2D eigenvalue weighted by Crippen LogP contribution is 2.13. The Kier molecular flexibility index (Phi) is 3.76. The molecule has 0 unspecified atom stereocenters. The summed E-state index contributed by atoms with van der Waals surface area (Å²) < 4.78 is 15.0. The molecule has 0 atom stereocenters. The molecular weight excluding hydrogens is 271 g/mol. The van der Waals surface area contributed by atoms with Crippen molar-refractivity contribution >= 4 is 16.8 Å². The first-order valence-electron chi connectivity index (χ1n) is 5.52. The summed E-state index contributed by atoms with van der Waals surface area (Å²) in [6, 6.07) is 7.34. The Hall–Kier alpha value is -2.01. The van der Waals surface area contributed by atoms with Gasteiger partial charge >= 0.3 is 0 Å². The molecule has 98 valence electrons. The minimum atomic E-state index is -0.687. The predicted octanol–water partition coefficient (Wildman–Crippen LogP) is 1.99. The van der Waals surface area contributed by atoms with Crippen LogP contribution in [0.15, 0.2) is 35.1 Å². The maximum Gasteiger partial charge on any atom is 0.227 e. The molecule has 0 bridgehead atoms. The molecule has 0 saturated heterocycles. The van der Waals surface area contributed by atoms with Crippen molar-refractivity contribution in [3.63, 3.8) is 0 Å². The SMILES string of the molecule is Cc1cc(=O)c(CC(=O)Cl)nn1-c1ccccc1F. The number of nitrogens with zero attached hydrogens (tertiary/aromatic N) is 2. The molecule has 1 aromatic carbocycles. The lowest BCUT2D eigenvalue weighted by Gasteiger charge is -2.11. The Morgan fingerprint density at radius 2 is 2.11 bits per heavy atom. The highest BCUT2D eigenvalue weighted by Gasteiger charge is 2.12. The number of hydrogen-bond acceptors (Lipinski definition) is 3. The van der Waals surface area contributed by atoms with E-state index in [0.29, 0.717) is 5.69 Å². The topological polar surface area (TPSA) is 52.0 Å². The molecule has 0 saturated carbocycles. The lowest BCUT2D eigenvalue weighted by Crippen LogP contribution is -2.20. The second-order valence-corrected chi connectivity index (χ2v) is 4.41. The smallest absolute Gasteiger partial charge is 0.227 e. The number of aryl methyl sites for hydroxylation is 1. The number of carbonyl (C=O) groups excluding carboxylic acids is 1. The van der Waals surface area contributed by atoms with Gasteiger partial charge in [0.05, 0.1) is 6.42 Å². The molecule has 0 N–H and O–H groups in total. The Balaban J connectivity index is 2.61. The fraction of sp³-hybridized carbons (Fsp3) is 0.154. The summed E-state index contributed by atoms with van der Waals surface area (Å²) in [6.45, 7) is 1.63. The fourth-order valence-corrected chi connectivity index (χ4v) is 1.83. The van der Waals surface area contributed by atoms with Crippen LogP contribution in [-0.4, -0.2) is 15.0 Å². The Bertz CT molecular complexity index is 697. The summed E-state index contributed by atoms with van der Waals surface area (Å²) in [4.78, 5) is 22.5. The predicted molar refractivity (Wildman–Crippen MR) is 69.1 cm³/mol. The van der Waals surface area contributed by atoms with E-state index in [1.165, 1.54) is 22.9 Å². The van der Waals surface area contributed by atoms with Gasteiger partial charge in [-0.3, -0.25) is 9.59 Å². The molecule has 6 heteroatoms. The average Bonchev–Trinajstić information content (AvgIpc) is 2.33. The van der Waals surface area contributed by atoms with Gasteiger partial charge in [0.1, 0.15) is 17.2 Å². The van der Waals surface area contributed by atoms with E-state index in [0.717, 1.165) is 0 Å².